The fraction of sp³-hybridized carbons (Fsp3) is 0.263. The molecule has 0 spiro atoms. The van der Waals surface area contributed by atoms with E-state index in [0.717, 1.165) is 16.4 Å². The smallest absolute Gasteiger partial charge is 0.269 e. The molecule has 2 aromatic rings. The van der Waals surface area contributed by atoms with Gasteiger partial charge < -0.3 is 9.47 Å². The summed E-state index contributed by atoms with van der Waals surface area (Å²) < 4.78 is 11.9. The van der Waals surface area contributed by atoms with Crippen molar-refractivity contribution in [2.45, 2.75) is 19.8 Å². The molecule has 0 radical (unpaired) electrons. The maximum atomic E-state index is 12.3. The van der Waals surface area contributed by atoms with Crippen LogP contribution >= 0.6 is 22.6 Å². The minimum Gasteiger partial charge on any atom is -0.493 e. The summed E-state index contributed by atoms with van der Waals surface area (Å²) in [5.74, 6) is 0.226. The Kier molecular flexibility index (Phi) is 7.71. The van der Waals surface area contributed by atoms with Crippen LogP contribution in [0.2, 0.25) is 0 Å². The number of unbranched alkanes of at least 4 members (excludes halogenated alkanes) is 1. The van der Waals surface area contributed by atoms with Crippen LogP contribution in [-0.2, 0) is 0 Å². The van der Waals surface area contributed by atoms with Crippen molar-refractivity contribution >= 4 is 34.4 Å². The molecule has 6 nitrogen and oxygen atoms in total. The quantitative estimate of drug-likeness (QED) is 0.370. The fourth-order valence-corrected chi connectivity index (χ4v) is 2.69. The normalized spacial score (nSPS) is 10.1. The standard InChI is InChI=1S/C19H21IN2O4/c1-3-4-10-26-16-9-8-14(12-17(16)25-2)19(24)22-21-18(23)13-6-5-7-15(20)11-13/h5-9,11-12H,3-4,10H2,1-2H3,(H,21,23)(H,22,24). The van der Waals surface area contributed by atoms with Gasteiger partial charge in [0.25, 0.3) is 11.8 Å². The van der Waals surface area contributed by atoms with E-state index in [9.17, 15) is 9.59 Å². The molecule has 0 saturated carbocycles. The van der Waals surface area contributed by atoms with Gasteiger partial charge in [-0.15, -0.1) is 0 Å². The number of benzene rings is 2. The molecule has 0 saturated heterocycles. The van der Waals surface area contributed by atoms with Gasteiger partial charge in [0.05, 0.1) is 13.7 Å². The van der Waals surface area contributed by atoms with E-state index in [2.05, 4.69) is 40.4 Å². The van der Waals surface area contributed by atoms with Crippen LogP contribution in [0.15, 0.2) is 42.5 Å². The van der Waals surface area contributed by atoms with Crippen molar-refractivity contribution in [3.05, 3.63) is 57.2 Å². The predicted molar refractivity (Wildman–Crippen MR) is 107 cm³/mol. The molecule has 0 bridgehead atoms. The molecule has 2 aromatic carbocycles. The highest BCUT2D eigenvalue weighted by Crippen LogP contribution is 2.28. The molecule has 7 heteroatoms. The molecular formula is C19H21IN2O4. The van der Waals surface area contributed by atoms with Gasteiger partial charge in [0.2, 0.25) is 0 Å². The Bertz CT molecular complexity index is 780. The van der Waals surface area contributed by atoms with Crippen LogP contribution in [0.4, 0.5) is 0 Å². The number of rotatable bonds is 7. The van der Waals surface area contributed by atoms with Crippen molar-refractivity contribution in [2.24, 2.45) is 0 Å². The van der Waals surface area contributed by atoms with Crippen LogP contribution in [0.5, 0.6) is 11.5 Å². The van der Waals surface area contributed by atoms with Crippen molar-refractivity contribution in [1.82, 2.24) is 10.9 Å². The van der Waals surface area contributed by atoms with Crippen molar-refractivity contribution in [2.75, 3.05) is 13.7 Å². The van der Waals surface area contributed by atoms with Gasteiger partial charge in [-0.1, -0.05) is 19.4 Å². The summed E-state index contributed by atoms with van der Waals surface area (Å²) >= 11 is 2.12. The molecule has 0 aliphatic heterocycles. The summed E-state index contributed by atoms with van der Waals surface area (Å²) in [6, 6.07) is 11.9. The minimum atomic E-state index is -0.442. The first kappa shape index (κ1) is 20.0. The lowest BCUT2D eigenvalue weighted by atomic mass is 10.2. The van der Waals surface area contributed by atoms with Crippen molar-refractivity contribution in [3.8, 4) is 11.5 Å². The molecule has 0 aromatic heterocycles. The van der Waals surface area contributed by atoms with Gasteiger partial charge in [-0.3, -0.25) is 20.4 Å². The SMILES string of the molecule is CCCCOc1ccc(C(=O)NNC(=O)c2cccc(I)c2)cc1OC. The van der Waals surface area contributed by atoms with Gasteiger partial charge in [-0.25, -0.2) is 0 Å². The second kappa shape index (κ2) is 10.0. The van der Waals surface area contributed by atoms with E-state index in [1.165, 1.54) is 7.11 Å². The fourth-order valence-electron chi connectivity index (χ4n) is 2.14. The third-order valence-electron chi connectivity index (χ3n) is 3.56. The second-order valence-corrected chi connectivity index (χ2v) is 6.73. The first-order chi connectivity index (χ1) is 12.5. The number of carbonyl (C=O) groups is 2. The molecule has 2 amide bonds. The van der Waals surface area contributed by atoms with Gasteiger partial charge in [0, 0.05) is 14.7 Å². The summed E-state index contributed by atoms with van der Waals surface area (Å²) in [7, 11) is 1.52. The first-order valence-electron chi connectivity index (χ1n) is 8.22. The molecule has 2 N–H and O–H groups in total. The molecule has 0 aliphatic carbocycles. The zero-order valence-electron chi connectivity index (χ0n) is 14.7. The number of hydrogen-bond acceptors (Lipinski definition) is 4. The van der Waals surface area contributed by atoms with Crippen molar-refractivity contribution < 1.29 is 19.1 Å². The van der Waals surface area contributed by atoms with Gasteiger partial charge >= 0.3 is 0 Å². The van der Waals surface area contributed by atoms with Gasteiger partial charge in [-0.05, 0) is 65.4 Å². The van der Waals surface area contributed by atoms with E-state index >= 15 is 0 Å². The largest absolute Gasteiger partial charge is 0.493 e. The number of amides is 2. The third kappa shape index (κ3) is 5.62. The summed E-state index contributed by atoms with van der Waals surface area (Å²) in [5.41, 5.74) is 5.63. The molecule has 2 rings (SSSR count). The number of methoxy groups -OCH3 is 1. The lowest BCUT2D eigenvalue weighted by Crippen LogP contribution is -2.41. The molecule has 0 heterocycles. The summed E-state index contributed by atoms with van der Waals surface area (Å²) in [4.78, 5) is 24.3. The first-order valence-corrected chi connectivity index (χ1v) is 9.30. The van der Waals surface area contributed by atoms with Gasteiger partial charge in [-0.2, -0.15) is 0 Å². The Balaban J connectivity index is 1.99. The highest BCUT2D eigenvalue weighted by atomic mass is 127. The average Bonchev–Trinajstić information content (AvgIpc) is 2.66. The van der Waals surface area contributed by atoms with Crippen LogP contribution in [-0.4, -0.2) is 25.5 Å². The molecule has 138 valence electrons. The Morgan fingerprint density at radius 3 is 2.31 bits per heavy atom. The van der Waals surface area contributed by atoms with Crippen LogP contribution in [0.3, 0.4) is 0 Å². The Hall–Kier alpha value is -2.29. The van der Waals surface area contributed by atoms with Gasteiger partial charge in [0.15, 0.2) is 11.5 Å². The highest BCUT2D eigenvalue weighted by molar-refractivity contribution is 14.1. The van der Waals surface area contributed by atoms with E-state index in [1.54, 1.807) is 36.4 Å². The van der Waals surface area contributed by atoms with E-state index in [0.29, 0.717) is 29.2 Å². The lowest BCUT2D eigenvalue weighted by molar-refractivity contribution is 0.0846. The lowest BCUT2D eigenvalue weighted by Gasteiger charge is -2.12. The average molecular weight is 468 g/mol. The van der Waals surface area contributed by atoms with E-state index in [-0.39, 0.29) is 5.91 Å². The van der Waals surface area contributed by atoms with Crippen molar-refractivity contribution in [1.29, 1.82) is 0 Å². The number of ether oxygens (including phenoxy) is 2. The molecule has 0 aliphatic rings. The number of carbonyl (C=O) groups excluding carboxylic acids is 2. The molecule has 0 fully saturated rings. The summed E-state index contributed by atoms with van der Waals surface area (Å²) in [6.45, 7) is 2.67. The number of halogens is 1. The molecule has 0 unspecified atom stereocenters. The monoisotopic (exact) mass is 468 g/mol. The van der Waals surface area contributed by atoms with E-state index in [4.69, 9.17) is 9.47 Å². The number of nitrogens with one attached hydrogen (secondary N) is 2. The Morgan fingerprint density at radius 1 is 1.00 bits per heavy atom. The zero-order chi connectivity index (χ0) is 18.9. The Morgan fingerprint density at radius 2 is 1.69 bits per heavy atom. The molecule has 0 atom stereocenters. The van der Waals surface area contributed by atoms with Crippen LogP contribution in [0, 0.1) is 3.57 Å². The van der Waals surface area contributed by atoms with Gasteiger partial charge in [0.1, 0.15) is 0 Å². The highest BCUT2D eigenvalue weighted by Gasteiger charge is 2.13. The van der Waals surface area contributed by atoms with Crippen LogP contribution < -0.4 is 20.3 Å². The Labute approximate surface area is 166 Å². The predicted octanol–water partition coefficient (Wildman–Crippen LogP) is 3.55. The van der Waals surface area contributed by atoms with Crippen LogP contribution in [0.1, 0.15) is 40.5 Å². The summed E-state index contributed by atoms with van der Waals surface area (Å²) in [5, 5.41) is 0. The topological polar surface area (TPSA) is 76.7 Å². The maximum Gasteiger partial charge on any atom is 0.269 e. The minimum absolute atomic E-state index is 0.354. The molecular weight excluding hydrogens is 447 g/mol. The van der Waals surface area contributed by atoms with Crippen LogP contribution in [0.25, 0.3) is 0 Å². The van der Waals surface area contributed by atoms with Crippen molar-refractivity contribution in [3.63, 3.8) is 0 Å². The van der Waals surface area contributed by atoms with E-state index < -0.39 is 5.91 Å². The summed E-state index contributed by atoms with van der Waals surface area (Å²) in [6.07, 6.45) is 1.97. The number of hydrogen-bond donors (Lipinski definition) is 2. The van der Waals surface area contributed by atoms with E-state index in [1.807, 2.05) is 6.07 Å². The zero-order valence-corrected chi connectivity index (χ0v) is 16.8. The molecule has 26 heavy (non-hydrogen) atoms. The second-order valence-electron chi connectivity index (χ2n) is 5.49. The third-order valence-corrected chi connectivity index (χ3v) is 4.23. The number of hydrazine groups is 1. The maximum absolute atomic E-state index is 12.3.